The average Bonchev–Trinajstić information content (AvgIpc) is 2.60. The first kappa shape index (κ1) is 19.8. The lowest BCUT2D eigenvalue weighted by Gasteiger charge is -2.36. The summed E-state index contributed by atoms with van der Waals surface area (Å²) >= 11 is 1.25. The Balaban J connectivity index is 2.13. The topological polar surface area (TPSA) is 66.4 Å². The molecular formula is C20H29NO3S. The quantitative estimate of drug-likeness (QED) is 0.624. The van der Waals surface area contributed by atoms with Crippen LogP contribution in [0, 0.1) is 11.3 Å². The molecule has 0 aromatic heterocycles. The number of hydrogen-bond acceptors (Lipinski definition) is 3. The lowest BCUT2D eigenvalue weighted by atomic mass is 9.69. The van der Waals surface area contributed by atoms with Crippen LogP contribution in [-0.4, -0.2) is 22.7 Å². The molecule has 0 saturated heterocycles. The van der Waals surface area contributed by atoms with E-state index >= 15 is 0 Å². The molecule has 1 aliphatic rings. The van der Waals surface area contributed by atoms with E-state index in [1.54, 1.807) is 0 Å². The second kappa shape index (κ2) is 9.27. The maximum atomic E-state index is 13.2. The summed E-state index contributed by atoms with van der Waals surface area (Å²) in [6.07, 6.45) is 7.33. The molecule has 25 heavy (non-hydrogen) atoms. The highest BCUT2D eigenvalue weighted by Crippen LogP contribution is 2.42. The highest BCUT2D eigenvalue weighted by molar-refractivity contribution is 8.00. The van der Waals surface area contributed by atoms with Crippen LogP contribution in [0.4, 0.5) is 5.69 Å². The summed E-state index contributed by atoms with van der Waals surface area (Å²) in [7, 11) is 0. The molecule has 1 fully saturated rings. The Morgan fingerprint density at radius 3 is 2.52 bits per heavy atom. The zero-order valence-corrected chi connectivity index (χ0v) is 16.0. The Hall–Kier alpha value is -1.49. The molecule has 5 heteroatoms. The molecule has 1 saturated carbocycles. The molecule has 138 valence electrons. The second-order valence-electron chi connectivity index (χ2n) is 7.41. The van der Waals surface area contributed by atoms with E-state index in [9.17, 15) is 9.59 Å². The minimum Gasteiger partial charge on any atom is -0.481 e. The number of thioether (sulfide) groups is 1. The summed E-state index contributed by atoms with van der Waals surface area (Å²) in [5.41, 5.74) is 0.459. The van der Waals surface area contributed by atoms with E-state index in [2.05, 4.69) is 19.2 Å². The van der Waals surface area contributed by atoms with Crippen LogP contribution >= 0.6 is 11.8 Å². The minimum atomic E-state index is -0.855. The molecule has 0 aliphatic heterocycles. The van der Waals surface area contributed by atoms with Crippen molar-refractivity contribution in [3.8, 4) is 0 Å². The van der Waals surface area contributed by atoms with Crippen molar-refractivity contribution in [2.75, 3.05) is 11.1 Å². The molecule has 4 nitrogen and oxygen atoms in total. The van der Waals surface area contributed by atoms with E-state index in [0.717, 1.165) is 49.1 Å². The van der Waals surface area contributed by atoms with Crippen molar-refractivity contribution < 1.29 is 14.7 Å². The van der Waals surface area contributed by atoms with Gasteiger partial charge in [0.25, 0.3) is 0 Å². The van der Waals surface area contributed by atoms with Gasteiger partial charge in [-0.1, -0.05) is 45.2 Å². The highest BCUT2D eigenvalue weighted by atomic mass is 32.2. The number of carboxylic acids is 1. The molecule has 2 N–H and O–H groups in total. The van der Waals surface area contributed by atoms with Crippen molar-refractivity contribution in [1.29, 1.82) is 0 Å². The minimum absolute atomic E-state index is 0.00856. The van der Waals surface area contributed by atoms with E-state index in [0.29, 0.717) is 5.92 Å². The fourth-order valence-electron chi connectivity index (χ4n) is 3.47. The molecule has 1 amide bonds. The normalized spacial score (nSPS) is 16.6. The Morgan fingerprint density at radius 1 is 1.20 bits per heavy atom. The second-order valence-corrected chi connectivity index (χ2v) is 8.42. The van der Waals surface area contributed by atoms with E-state index in [-0.39, 0.29) is 17.1 Å². The van der Waals surface area contributed by atoms with Crippen LogP contribution in [-0.2, 0) is 9.59 Å². The molecule has 0 unspecified atom stereocenters. The Bertz CT molecular complexity index is 594. The first-order valence-electron chi connectivity index (χ1n) is 9.18. The third-order valence-electron chi connectivity index (χ3n) is 4.98. The number of rotatable bonds is 8. The van der Waals surface area contributed by atoms with Gasteiger partial charge >= 0.3 is 5.97 Å². The van der Waals surface area contributed by atoms with Gasteiger partial charge in [-0.05, 0) is 43.7 Å². The van der Waals surface area contributed by atoms with Gasteiger partial charge in [-0.25, -0.2) is 0 Å². The van der Waals surface area contributed by atoms with Crippen molar-refractivity contribution >= 4 is 29.3 Å². The number of carbonyl (C=O) groups is 2. The molecule has 0 spiro atoms. The first-order valence-corrected chi connectivity index (χ1v) is 10.2. The summed E-state index contributed by atoms with van der Waals surface area (Å²) in [6.45, 7) is 4.40. The van der Waals surface area contributed by atoms with Crippen LogP contribution in [0.1, 0.15) is 58.8 Å². The average molecular weight is 364 g/mol. The van der Waals surface area contributed by atoms with Gasteiger partial charge in [0.1, 0.15) is 0 Å². The van der Waals surface area contributed by atoms with E-state index in [1.807, 2.05) is 24.3 Å². The molecular weight excluding hydrogens is 334 g/mol. The predicted molar refractivity (Wildman–Crippen MR) is 103 cm³/mol. The van der Waals surface area contributed by atoms with Gasteiger partial charge in [-0.2, -0.15) is 0 Å². The van der Waals surface area contributed by atoms with Gasteiger partial charge < -0.3 is 10.4 Å². The van der Waals surface area contributed by atoms with Crippen LogP contribution in [0.3, 0.4) is 0 Å². The van der Waals surface area contributed by atoms with Crippen LogP contribution in [0.2, 0.25) is 0 Å². The highest BCUT2D eigenvalue weighted by Gasteiger charge is 2.39. The standard InChI is InChI=1S/C20H29NO3S/c1-15(2)10-13-20(11-6-3-7-12-20)19(24)21-16-8-4-5-9-17(16)25-14-18(22)23/h4-5,8-9,15H,3,6-7,10-14H2,1-2H3,(H,21,24)(H,22,23). The number of carboxylic acid groups (broad SMARTS) is 1. The molecule has 1 aromatic carbocycles. The number of amides is 1. The molecule has 0 bridgehead atoms. The largest absolute Gasteiger partial charge is 0.481 e. The van der Waals surface area contributed by atoms with Crippen LogP contribution in [0.25, 0.3) is 0 Å². The van der Waals surface area contributed by atoms with Crippen LogP contribution < -0.4 is 5.32 Å². The number of anilines is 1. The monoisotopic (exact) mass is 363 g/mol. The molecule has 2 rings (SSSR count). The molecule has 0 heterocycles. The maximum Gasteiger partial charge on any atom is 0.313 e. The zero-order valence-electron chi connectivity index (χ0n) is 15.2. The Morgan fingerprint density at radius 2 is 1.88 bits per heavy atom. The lowest BCUT2D eigenvalue weighted by Crippen LogP contribution is -2.38. The van der Waals surface area contributed by atoms with E-state index in [1.165, 1.54) is 18.2 Å². The van der Waals surface area contributed by atoms with Crippen molar-refractivity contribution in [3.63, 3.8) is 0 Å². The lowest BCUT2D eigenvalue weighted by molar-refractivity contribution is -0.134. The summed E-state index contributed by atoms with van der Waals surface area (Å²) < 4.78 is 0. The third-order valence-corrected chi connectivity index (χ3v) is 6.04. The van der Waals surface area contributed by atoms with Gasteiger partial charge in [0, 0.05) is 10.3 Å². The van der Waals surface area contributed by atoms with E-state index < -0.39 is 5.97 Å². The molecule has 1 aliphatic carbocycles. The number of para-hydroxylation sites is 1. The summed E-state index contributed by atoms with van der Waals surface area (Å²) in [6, 6.07) is 7.48. The van der Waals surface area contributed by atoms with Crippen molar-refractivity contribution in [2.45, 2.75) is 63.7 Å². The first-order chi connectivity index (χ1) is 11.9. The van der Waals surface area contributed by atoms with E-state index in [4.69, 9.17) is 5.11 Å². The predicted octanol–water partition coefficient (Wildman–Crippen LogP) is 5.19. The number of carbonyl (C=O) groups excluding carboxylic acids is 1. The number of benzene rings is 1. The van der Waals surface area contributed by atoms with Crippen LogP contribution in [0.5, 0.6) is 0 Å². The van der Waals surface area contributed by atoms with Gasteiger partial charge in [0.05, 0.1) is 11.4 Å². The zero-order chi connectivity index (χ0) is 18.3. The Kier molecular flexibility index (Phi) is 7.36. The van der Waals surface area contributed by atoms with Crippen molar-refractivity contribution in [1.82, 2.24) is 0 Å². The molecule has 0 radical (unpaired) electrons. The number of aliphatic carboxylic acids is 1. The summed E-state index contributed by atoms with van der Waals surface area (Å²) in [4.78, 5) is 24.8. The smallest absolute Gasteiger partial charge is 0.313 e. The molecule has 0 atom stereocenters. The van der Waals surface area contributed by atoms with Crippen LogP contribution in [0.15, 0.2) is 29.2 Å². The third kappa shape index (κ3) is 5.77. The summed E-state index contributed by atoms with van der Waals surface area (Å²) in [5, 5.41) is 12.0. The van der Waals surface area contributed by atoms with Crippen molar-refractivity contribution in [3.05, 3.63) is 24.3 Å². The SMILES string of the molecule is CC(C)CCC1(C(=O)Nc2ccccc2SCC(=O)O)CCCCC1. The maximum absolute atomic E-state index is 13.2. The van der Waals surface area contributed by atoms with Gasteiger partial charge in [-0.3, -0.25) is 9.59 Å². The van der Waals surface area contributed by atoms with Gasteiger partial charge in [0.15, 0.2) is 0 Å². The Labute approximate surface area is 154 Å². The molecule has 1 aromatic rings. The van der Waals surface area contributed by atoms with Crippen molar-refractivity contribution in [2.24, 2.45) is 11.3 Å². The summed E-state index contributed by atoms with van der Waals surface area (Å²) in [5.74, 6) is -0.168. The fraction of sp³-hybridized carbons (Fsp3) is 0.600. The van der Waals surface area contributed by atoms with Gasteiger partial charge in [-0.15, -0.1) is 11.8 Å². The fourth-order valence-corrected chi connectivity index (χ4v) is 4.20. The number of nitrogens with one attached hydrogen (secondary N) is 1. The van der Waals surface area contributed by atoms with Gasteiger partial charge in [0.2, 0.25) is 5.91 Å². The number of hydrogen-bond donors (Lipinski definition) is 2.